The molecule has 8 heteroatoms. The van der Waals surface area contributed by atoms with Gasteiger partial charge in [0, 0.05) is 44.8 Å². The summed E-state index contributed by atoms with van der Waals surface area (Å²) in [5.41, 5.74) is 0.786. The summed E-state index contributed by atoms with van der Waals surface area (Å²) < 4.78 is 14.0. The predicted octanol–water partition coefficient (Wildman–Crippen LogP) is 1.35. The lowest BCUT2D eigenvalue weighted by Gasteiger charge is -2.32. The number of halogens is 1. The van der Waals surface area contributed by atoms with Gasteiger partial charge >= 0.3 is 0 Å². The van der Waals surface area contributed by atoms with Gasteiger partial charge in [-0.2, -0.15) is 5.26 Å². The van der Waals surface area contributed by atoms with Crippen LogP contribution in [-0.4, -0.2) is 56.0 Å². The first-order valence-electron chi connectivity index (χ1n) is 9.70. The summed E-state index contributed by atoms with van der Waals surface area (Å²) in [7, 11) is 1.68. The normalized spacial score (nSPS) is 15.7. The topological polar surface area (TPSA) is 92.6 Å². The monoisotopic (exact) mass is 388 g/mol. The summed E-state index contributed by atoms with van der Waals surface area (Å²) in [6.45, 7) is 5.18. The van der Waals surface area contributed by atoms with Gasteiger partial charge in [-0.3, -0.25) is 14.7 Å². The van der Waals surface area contributed by atoms with Crippen molar-refractivity contribution in [3.8, 4) is 6.07 Å². The third-order valence-corrected chi connectivity index (χ3v) is 4.72. The van der Waals surface area contributed by atoms with Crippen molar-refractivity contribution < 1.29 is 9.18 Å². The maximum absolute atomic E-state index is 14.0. The Bertz CT molecular complexity index is 722. The first-order valence-corrected chi connectivity index (χ1v) is 9.70. The van der Waals surface area contributed by atoms with Gasteiger partial charge < -0.3 is 16.0 Å². The van der Waals surface area contributed by atoms with Gasteiger partial charge in [0.2, 0.25) is 5.91 Å². The summed E-state index contributed by atoms with van der Waals surface area (Å²) in [6, 6.07) is 6.62. The van der Waals surface area contributed by atoms with E-state index in [9.17, 15) is 9.18 Å². The fourth-order valence-corrected chi connectivity index (χ4v) is 3.09. The molecule has 0 unspecified atom stereocenters. The first-order chi connectivity index (χ1) is 13.5. The molecule has 0 aliphatic carbocycles. The number of nitriles is 1. The second-order valence-corrected chi connectivity index (χ2v) is 6.89. The van der Waals surface area contributed by atoms with Crippen LogP contribution in [0.25, 0.3) is 0 Å². The van der Waals surface area contributed by atoms with Crippen LogP contribution < -0.4 is 16.0 Å². The van der Waals surface area contributed by atoms with Gasteiger partial charge in [0.25, 0.3) is 0 Å². The predicted molar refractivity (Wildman–Crippen MR) is 107 cm³/mol. The van der Waals surface area contributed by atoms with Crippen molar-refractivity contribution in [2.24, 2.45) is 4.99 Å². The number of rotatable bonds is 7. The first kappa shape index (κ1) is 21.6. The number of carbonyl (C=O) groups excluding carboxylic acids is 1. The molecule has 7 nitrogen and oxygen atoms in total. The number of carbonyl (C=O) groups is 1. The molecule has 1 aromatic carbocycles. The molecule has 3 N–H and O–H groups in total. The van der Waals surface area contributed by atoms with Gasteiger partial charge in [0.05, 0.1) is 18.2 Å². The largest absolute Gasteiger partial charge is 0.355 e. The minimum atomic E-state index is -0.406. The van der Waals surface area contributed by atoms with Gasteiger partial charge in [0.1, 0.15) is 5.82 Å². The Hall–Kier alpha value is -2.66. The molecular weight excluding hydrogens is 359 g/mol. The van der Waals surface area contributed by atoms with Crippen LogP contribution in [0.3, 0.4) is 0 Å². The highest BCUT2D eigenvalue weighted by Crippen LogP contribution is 2.11. The van der Waals surface area contributed by atoms with Crippen molar-refractivity contribution in [2.75, 3.05) is 33.2 Å². The minimum absolute atomic E-state index is 0.0789. The van der Waals surface area contributed by atoms with Crippen LogP contribution in [0, 0.1) is 17.1 Å². The van der Waals surface area contributed by atoms with Crippen molar-refractivity contribution >= 4 is 11.9 Å². The third-order valence-electron chi connectivity index (χ3n) is 4.72. The zero-order valence-corrected chi connectivity index (χ0v) is 16.6. The van der Waals surface area contributed by atoms with Crippen LogP contribution in [0.5, 0.6) is 0 Å². The maximum Gasteiger partial charge on any atom is 0.234 e. The number of hydrogen-bond acceptors (Lipinski definition) is 4. The van der Waals surface area contributed by atoms with Crippen LogP contribution in [0.1, 0.15) is 37.3 Å². The molecule has 0 atom stereocenters. The molecule has 1 fully saturated rings. The van der Waals surface area contributed by atoms with Crippen molar-refractivity contribution in [1.82, 2.24) is 20.9 Å². The molecule has 1 heterocycles. The lowest BCUT2D eigenvalue weighted by molar-refractivity contribution is -0.122. The molecule has 0 radical (unpaired) electrons. The van der Waals surface area contributed by atoms with Crippen LogP contribution in [0.15, 0.2) is 23.2 Å². The molecule has 0 spiro atoms. The third kappa shape index (κ3) is 6.82. The Morgan fingerprint density at radius 3 is 2.71 bits per heavy atom. The van der Waals surface area contributed by atoms with E-state index in [1.54, 1.807) is 19.2 Å². The number of guanidine groups is 1. The fourth-order valence-electron chi connectivity index (χ4n) is 3.09. The zero-order chi connectivity index (χ0) is 20.4. The second-order valence-electron chi connectivity index (χ2n) is 6.89. The number of piperidine rings is 1. The van der Waals surface area contributed by atoms with Gasteiger partial charge in [-0.1, -0.05) is 13.0 Å². The standard InChI is InChI=1S/C20H29FN6O/c1-3-8-24-19(28)14-27-9-6-17(7-10-27)26-20(23-2)25-13-16-5-4-15(12-22)11-18(16)21/h4-5,11,17H,3,6-10,13-14H2,1-2H3,(H,24,28)(H2,23,25,26). The number of amides is 1. The van der Waals surface area contributed by atoms with E-state index >= 15 is 0 Å². The summed E-state index contributed by atoms with van der Waals surface area (Å²) in [5.74, 6) is 0.287. The average Bonchev–Trinajstić information content (AvgIpc) is 2.71. The van der Waals surface area contributed by atoms with E-state index in [4.69, 9.17) is 5.26 Å². The van der Waals surface area contributed by atoms with E-state index in [2.05, 4.69) is 25.8 Å². The number of nitrogens with one attached hydrogen (secondary N) is 3. The second kappa shape index (κ2) is 11.2. The number of nitrogens with zero attached hydrogens (tertiary/aromatic N) is 3. The molecule has 1 aliphatic rings. The lowest BCUT2D eigenvalue weighted by atomic mass is 10.1. The van der Waals surface area contributed by atoms with E-state index in [-0.39, 0.29) is 18.5 Å². The van der Waals surface area contributed by atoms with Crippen LogP contribution >= 0.6 is 0 Å². The fraction of sp³-hybridized carbons (Fsp3) is 0.550. The van der Waals surface area contributed by atoms with E-state index in [0.717, 1.165) is 38.9 Å². The summed E-state index contributed by atoms with van der Waals surface area (Å²) in [6.07, 6.45) is 2.76. The Morgan fingerprint density at radius 1 is 1.36 bits per heavy atom. The summed E-state index contributed by atoms with van der Waals surface area (Å²) in [4.78, 5) is 18.2. The molecule has 0 saturated carbocycles. The molecule has 28 heavy (non-hydrogen) atoms. The van der Waals surface area contributed by atoms with Gasteiger partial charge in [-0.15, -0.1) is 0 Å². The number of likely N-dealkylation sites (tertiary alicyclic amines) is 1. The van der Waals surface area contributed by atoms with Crippen LogP contribution in [0.2, 0.25) is 0 Å². The molecular formula is C20H29FN6O. The summed E-state index contributed by atoms with van der Waals surface area (Å²) in [5, 5.41) is 18.2. The van der Waals surface area contributed by atoms with Gasteiger partial charge in [0.15, 0.2) is 5.96 Å². The van der Waals surface area contributed by atoms with Crippen molar-refractivity contribution in [2.45, 2.75) is 38.8 Å². The van der Waals surface area contributed by atoms with E-state index in [0.29, 0.717) is 23.6 Å². The summed E-state index contributed by atoms with van der Waals surface area (Å²) >= 11 is 0. The van der Waals surface area contributed by atoms with E-state index < -0.39 is 5.82 Å². The minimum Gasteiger partial charge on any atom is -0.355 e. The molecule has 2 rings (SSSR count). The Balaban J connectivity index is 1.75. The number of hydrogen-bond donors (Lipinski definition) is 3. The van der Waals surface area contributed by atoms with Crippen molar-refractivity contribution in [1.29, 1.82) is 5.26 Å². The Kier molecular flexibility index (Phi) is 8.69. The van der Waals surface area contributed by atoms with E-state index in [1.807, 2.05) is 13.0 Å². The molecule has 1 aliphatic heterocycles. The Labute approximate surface area is 166 Å². The number of benzene rings is 1. The molecule has 0 aromatic heterocycles. The Morgan fingerprint density at radius 2 is 2.11 bits per heavy atom. The van der Waals surface area contributed by atoms with Crippen molar-refractivity contribution in [3.63, 3.8) is 0 Å². The van der Waals surface area contributed by atoms with E-state index in [1.165, 1.54) is 6.07 Å². The quantitative estimate of drug-likeness (QED) is 0.484. The molecule has 1 saturated heterocycles. The highest BCUT2D eigenvalue weighted by Gasteiger charge is 2.21. The van der Waals surface area contributed by atoms with Crippen LogP contribution in [0.4, 0.5) is 4.39 Å². The lowest BCUT2D eigenvalue weighted by Crippen LogP contribution is -2.50. The van der Waals surface area contributed by atoms with Crippen LogP contribution in [-0.2, 0) is 11.3 Å². The highest BCUT2D eigenvalue weighted by atomic mass is 19.1. The number of aliphatic imine (C=N–C) groups is 1. The maximum atomic E-state index is 14.0. The van der Waals surface area contributed by atoms with Crippen molar-refractivity contribution in [3.05, 3.63) is 35.1 Å². The molecule has 0 bridgehead atoms. The average molecular weight is 388 g/mol. The SMILES string of the molecule is CCCNC(=O)CN1CCC(NC(=NC)NCc2ccc(C#N)cc2F)CC1. The van der Waals surface area contributed by atoms with Gasteiger partial charge in [-0.05, 0) is 31.4 Å². The molecule has 152 valence electrons. The van der Waals surface area contributed by atoms with Gasteiger partial charge in [-0.25, -0.2) is 4.39 Å². The zero-order valence-electron chi connectivity index (χ0n) is 16.6. The molecule has 1 aromatic rings. The smallest absolute Gasteiger partial charge is 0.234 e. The molecule has 1 amide bonds. The highest BCUT2D eigenvalue weighted by molar-refractivity contribution is 5.80.